The molecular weight excluding hydrogens is 664 g/mol. The minimum absolute atomic E-state index is 0.000108. The Bertz CT molecular complexity index is 3100. The van der Waals surface area contributed by atoms with E-state index < -0.39 is 45.9 Å². The van der Waals surface area contributed by atoms with Crippen LogP contribution in [-0.2, 0) is 58.0 Å². The molecule has 0 fully saturated rings. The molecule has 0 aliphatic carbocycles. The van der Waals surface area contributed by atoms with Gasteiger partial charge >= 0.3 is 0 Å². The number of aryl methyl sites for hydroxylation is 2. The maximum Gasteiger partial charge on any atom is 0.266 e. The number of aromatic nitrogens is 2. The van der Waals surface area contributed by atoms with Crippen molar-refractivity contribution in [2.24, 2.45) is 0 Å². The Labute approximate surface area is 292 Å². The van der Waals surface area contributed by atoms with Crippen LogP contribution < -0.4 is 22.2 Å². The number of nitrogens with zero attached hydrogens (tertiary/aromatic N) is 4. The molecule has 0 saturated carbocycles. The molecule has 9 aromatic rings. The van der Waals surface area contributed by atoms with Crippen LogP contribution in [0.3, 0.4) is 0 Å². The van der Waals surface area contributed by atoms with Gasteiger partial charge in [-0.15, -0.1) is 0 Å². The predicted molar refractivity (Wildman–Crippen MR) is 195 cm³/mol. The van der Waals surface area contributed by atoms with Crippen molar-refractivity contribution in [1.29, 1.82) is 0 Å². The van der Waals surface area contributed by atoms with Gasteiger partial charge in [-0.1, -0.05) is 33.8 Å². The fourth-order valence-corrected chi connectivity index (χ4v) is 9.08. The van der Waals surface area contributed by atoms with Gasteiger partial charge in [0.25, 0.3) is 45.9 Å². The minimum Gasteiger partial charge on any atom is -0.271 e. The van der Waals surface area contributed by atoms with Gasteiger partial charge in [-0.25, -0.2) is 8.80 Å². The van der Waals surface area contributed by atoms with Crippen LogP contribution in [0.5, 0.6) is 0 Å². The number of benzene rings is 5. The van der Waals surface area contributed by atoms with Crippen LogP contribution in [0.15, 0.2) is 55.6 Å². The first-order valence-electron chi connectivity index (χ1n) is 17.4. The molecule has 5 aromatic carbocycles. The van der Waals surface area contributed by atoms with Gasteiger partial charge in [0, 0.05) is 40.6 Å². The molecule has 8 bridgehead atoms. The van der Waals surface area contributed by atoms with E-state index in [1.54, 1.807) is 6.07 Å². The van der Waals surface area contributed by atoms with Crippen LogP contribution in [0, 0.1) is 0 Å². The first-order valence-corrected chi connectivity index (χ1v) is 17.4. The van der Waals surface area contributed by atoms with Crippen LogP contribution in [0.1, 0.15) is 61.1 Å². The Balaban J connectivity index is 1.58. The van der Waals surface area contributed by atoms with Gasteiger partial charge in [-0.3, -0.25) is 48.2 Å². The SMILES string of the molecule is CCc1cc2c(c(CN3C(=O)C=CC3=O)c1CC)c1c3c(=O)n4c(=O)c3c2c2c(=O)n(c(=O)c21)c1c(CN2C(=O)C=CC2=O)c(CC)c(CC)cc14. The number of hydrogen-bond acceptors (Lipinski definition) is 8. The van der Waals surface area contributed by atoms with Crippen molar-refractivity contribution in [3.05, 3.63) is 111 Å². The summed E-state index contributed by atoms with van der Waals surface area (Å²) >= 11 is 0. The molecule has 6 heterocycles. The van der Waals surface area contributed by atoms with E-state index in [0.29, 0.717) is 53.1 Å². The van der Waals surface area contributed by atoms with Crippen molar-refractivity contribution in [3.63, 3.8) is 0 Å². The summed E-state index contributed by atoms with van der Waals surface area (Å²) in [5, 5.41) is 1.28. The van der Waals surface area contributed by atoms with Crippen molar-refractivity contribution < 1.29 is 19.2 Å². The monoisotopic (exact) mass is 694 g/mol. The van der Waals surface area contributed by atoms with E-state index in [1.807, 2.05) is 33.8 Å². The second-order valence-corrected chi connectivity index (χ2v) is 13.5. The Kier molecular flexibility index (Phi) is 6.46. The van der Waals surface area contributed by atoms with Crippen LogP contribution in [0.2, 0.25) is 0 Å². The lowest BCUT2D eigenvalue weighted by molar-refractivity contribution is -0.139. The number of carbonyl (C=O) groups is 4. The van der Waals surface area contributed by atoms with E-state index in [1.165, 1.54) is 12.2 Å². The molecule has 11 rings (SSSR count). The average molecular weight is 695 g/mol. The van der Waals surface area contributed by atoms with Crippen LogP contribution in [0.4, 0.5) is 0 Å². The van der Waals surface area contributed by atoms with Gasteiger partial charge < -0.3 is 0 Å². The summed E-state index contributed by atoms with van der Waals surface area (Å²) in [4.78, 5) is 113. The number of carbonyl (C=O) groups excluding carboxylic acids is 4. The highest BCUT2D eigenvalue weighted by molar-refractivity contribution is 6.41. The van der Waals surface area contributed by atoms with Crippen molar-refractivity contribution in [3.8, 4) is 0 Å². The number of hydrogen-bond donors (Lipinski definition) is 0. The lowest BCUT2D eigenvalue weighted by atomic mass is 9.82. The molecule has 0 saturated heterocycles. The quantitative estimate of drug-likeness (QED) is 0.220. The predicted octanol–water partition coefficient (Wildman–Crippen LogP) is 3.10. The molecule has 12 nitrogen and oxygen atoms in total. The van der Waals surface area contributed by atoms with Crippen LogP contribution >= 0.6 is 0 Å². The fraction of sp³-hybridized carbons (Fsp3) is 0.250. The third-order valence-electron chi connectivity index (χ3n) is 11.3. The van der Waals surface area contributed by atoms with E-state index in [4.69, 9.17) is 0 Å². The number of amides is 4. The Morgan fingerprint density at radius 1 is 0.423 bits per heavy atom. The number of imide groups is 2. The van der Waals surface area contributed by atoms with Gasteiger partial charge in [-0.2, -0.15) is 0 Å². The van der Waals surface area contributed by atoms with Crippen molar-refractivity contribution in [1.82, 2.24) is 18.6 Å². The topological polar surface area (TPSA) is 152 Å². The summed E-state index contributed by atoms with van der Waals surface area (Å²) in [5.74, 6) is -2.13. The van der Waals surface area contributed by atoms with E-state index in [2.05, 4.69) is 0 Å². The van der Waals surface area contributed by atoms with Crippen molar-refractivity contribution in [2.75, 3.05) is 0 Å². The molecular formula is C40H30N4O8. The summed E-state index contributed by atoms with van der Waals surface area (Å²) in [6.07, 6.45) is 6.60. The van der Waals surface area contributed by atoms with E-state index in [0.717, 1.165) is 47.4 Å². The summed E-state index contributed by atoms with van der Waals surface area (Å²) in [5.41, 5.74) is 1.34. The second-order valence-electron chi connectivity index (χ2n) is 13.5. The molecule has 52 heavy (non-hydrogen) atoms. The zero-order valence-electron chi connectivity index (χ0n) is 28.8. The number of rotatable bonds is 8. The molecule has 4 aromatic heterocycles. The Morgan fingerprint density at radius 2 is 0.846 bits per heavy atom. The third-order valence-corrected chi connectivity index (χ3v) is 11.3. The fourth-order valence-electron chi connectivity index (χ4n) is 9.08. The first-order chi connectivity index (χ1) is 25.0. The largest absolute Gasteiger partial charge is 0.271 e. The summed E-state index contributed by atoms with van der Waals surface area (Å²) in [6.45, 7) is 7.24. The first kappa shape index (κ1) is 31.7. The molecule has 0 atom stereocenters. The Hall–Kier alpha value is -6.30. The molecule has 4 amide bonds. The lowest BCUT2D eigenvalue weighted by Gasteiger charge is -2.23. The molecule has 12 heteroatoms. The van der Waals surface area contributed by atoms with Crippen LogP contribution in [-0.4, -0.2) is 42.2 Å². The lowest BCUT2D eigenvalue weighted by Crippen LogP contribution is -2.31. The third kappa shape index (κ3) is 3.65. The highest BCUT2D eigenvalue weighted by Crippen LogP contribution is 2.45. The second kappa shape index (κ2) is 10.6. The molecule has 2 aliphatic rings. The van der Waals surface area contributed by atoms with E-state index in [-0.39, 0.29) is 56.4 Å². The maximum absolute atomic E-state index is 15.0. The van der Waals surface area contributed by atoms with Crippen LogP contribution in [0.25, 0.3) is 54.1 Å². The van der Waals surface area contributed by atoms with Gasteiger partial charge in [0.1, 0.15) is 0 Å². The molecule has 2 aliphatic heterocycles. The van der Waals surface area contributed by atoms with Crippen molar-refractivity contribution >= 4 is 77.8 Å². The molecule has 0 spiro atoms. The van der Waals surface area contributed by atoms with Gasteiger partial charge in [-0.05, 0) is 70.3 Å². The molecule has 258 valence electrons. The Morgan fingerprint density at radius 3 is 1.33 bits per heavy atom. The smallest absolute Gasteiger partial charge is 0.266 e. The summed E-state index contributed by atoms with van der Waals surface area (Å²) in [6, 6.07) is 3.55. The molecule has 0 unspecified atom stereocenters. The summed E-state index contributed by atoms with van der Waals surface area (Å²) < 4.78 is 2.02. The summed E-state index contributed by atoms with van der Waals surface area (Å²) in [7, 11) is 0. The zero-order chi connectivity index (χ0) is 36.7. The van der Waals surface area contributed by atoms with E-state index in [9.17, 15) is 38.4 Å². The maximum atomic E-state index is 15.0. The van der Waals surface area contributed by atoms with Gasteiger partial charge in [0.2, 0.25) is 0 Å². The van der Waals surface area contributed by atoms with E-state index >= 15 is 0 Å². The zero-order valence-corrected chi connectivity index (χ0v) is 28.8. The van der Waals surface area contributed by atoms with Gasteiger partial charge in [0.05, 0.1) is 45.7 Å². The van der Waals surface area contributed by atoms with Crippen molar-refractivity contribution in [2.45, 2.75) is 66.5 Å². The normalized spacial score (nSPS) is 15.2. The average Bonchev–Trinajstić information content (AvgIpc) is 3.81. The minimum atomic E-state index is -0.705. The highest BCUT2D eigenvalue weighted by atomic mass is 16.2. The highest BCUT2D eigenvalue weighted by Gasteiger charge is 2.35. The molecule has 0 N–H and O–H groups in total. The molecule has 0 radical (unpaired) electrons. The van der Waals surface area contributed by atoms with Gasteiger partial charge in [0.15, 0.2) is 0 Å². The standard InChI is InChI=1S/C40H30N4O8/c1-5-17-13-21-29(22(19(17)7-3)15-41-25(45)9-10-26(41)46)31-34-32-30(21)33-35(31)40(52)44(39(33)51)36-23(16-42-27(47)11-12-28(42)48)20(8-4)18(6-2)14-24(36)43(37(32)49)38(34)50/h9-14H,5-8,15-16H2,1-4H3.